The molecule has 1 heterocycles. The van der Waals surface area contributed by atoms with Gasteiger partial charge in [0.15, 0.2) is 5.54 Å². The number of carboxylic acid groups (broad SMARTS) is 1. The first kappa shape index (κ1) is 17.0. The first-order valence-corrected chi connectivity index (χ1v) is 7.32. The van der Waals surface area contributed by atoms with Crippen molar-refractivity contribution in [2.24, 2.45) is 0 Å². The highest BCUT2D eigenvalue weighted by Crippen LogP contribution is 2.31. The average Bonchev–Trinajstić information content (AvgIpc) is 2.99. The summed E-state index contributed by atoms with van der Waals surface area (Å²) in [5, 5.41) is 12.1. The van der Waals surface area contributed by atoms with Crippen LogP contribution < -0.4 is 5.32 Å². The van der Waals surface area contributed by atoms with Gasteiger partial charge >= 0.3 is 5.97 Å². The van der Waals surface area contributed by atoms with Crippen LogP contribution in [-0.2, 0) is 9.53 Å². The molecule has 1 aliphatic heterocycles. The number of carboxylic acids is 1. The standard InChI is InChI=1S/C16H20N2O5/c1-17-13(19)11-5-3-6-12(9-11)14(20)18-8-4-7-16(18,10-23-2)15(21)22/h3,5-6,9H,4,7-8,10H2,1-2H3,(H,17,19)(H,21,22). The fourth-order valence-electron chi connectivity index (χ4n) is 2.94. The van der Waals surface area contributed by atoms with E-state index in [1.165, 1.54) is 25.1 Å². The van der Waals surface area contributed by atoms with Crippen molar-refractivity contribution >= 4 is 17.8 Å². The van der Waals surface area contributed by atoms with Gasteiger partial charge in [-0.25, -0.2) is 4.79 Å². The van der Waals surface area contributed by atoms with Crippen LogP contribution in [0.15, 0.2) is 24.3 Å². The zero-order chi connectivity index (χ0) is 17.0. The van der Waals surface area contributed by atoms with Gasteiger partial charge in [-0.05, 0) is 31.0 Å². The summed E-state index contributed by atoms with van der Waals surface area (Å²) in [4.78, 5) is 37.6. The zero-order valence-corrected chi connectivity index (χ0v) is 13.2. The third-order valence-corrected chi connectivity index (χ3v) is 4.11. The van der Waals surface area contributed by atoms with Gasteiger partial charge in [-0.2, -0.15) is 0 Å². The molecule has 1 atom stereocenters. The zero-order valence-electron chi connectivity index (χ0n) is 13.2. The molecule has 1 aromatic rings. The van der Waals surface area contributed by atoms with Crippen LogP contribution in [-0.4, -0.2) is 60.6 Å². The molecule has 0 saturated carbocycles. The molecule has 2 rings (SSSR count). The highest BCUT2D eigenvalue weighted by atomic mass is 16.5. The largest absolute Gasteiger partial charge is 0.479 e. The molecule has 0 bridgehead atoms. The topological polar surface area (TPSA) is 95.9 Å². The van der Waals surface area contributed by atoms with Crippen LogP contribution in [0.5, 0.6) is 0 Å². The number of benzene rings is 1. The number of carbonyl (C=O) groups excluding carboxylic acids is 2. The molecule has 1 aliphatic rings. The van der Waals surface area contributed by atoms with Gasteiger partial charge in [-0.1, -0.05) is 6.07 Å². The Morgan fingerprint density at radius 1 is 1.35 bits per heavy atom. The Hall–Kier alpha value is -2.41. The van der Waals surface area contributed by atoms with E-state index in [1.54, 1.807) is 18.2 Å². The molecular weight excluding hydrogens is 300 g/mol. The lowest BCUT2D eigenvalue weighted by Crippen LogP contribution is -2.56. The summed E-state index contributed by atoms with van der Waals surface area (Å²) >= 11 is 0. The average molecular weight is 320 g/mol. The fourth-order valence-corrected chi connectivity index (χ4v) is 2.94. The van der Waals surface area contributed by atoms with Crippen LogP contribution in [0.3, 0.4) is 0 Å². The minimum Gasteiger partial charge on any atom is -0.479 e. The lowest BCUT2D eigenvalue weighted by Gasteiger charge is -2.34. The minimum absolute atomic E-state index is 0.0663. The van der Waals surface area contributed by atoms with Crippen molar-refractivity contribution in [2.45, 2.75) is 18.4 Å². The lowest BCUT2D eigenvalue weighted by molar-refractivity contribution is -0.151. The summed E-state index contributed by atoms with van der Waals surface area (Å²) in [6.07, 6.45) is 0.938. The van der Waals surface area contributed by atoms with E-state index in [2.05, 4.69) is 5.32 Å². The second-order valence-electron chi connectivity index (χ2n) is 5.49. The summed E-state index contributed by atoms with van der Waals surface area (Å²) < 4.78 is 5.05. The Labute approximate surface area is 134 Å². The van der Waals surface area contributed by atoms with E-state index in [9.17, 15) is 19.5 Å². The third kappa shape index (κ3) is 3.05. The molecule has 0 spiro atoms. The maximum atomic E-state index is 12.8. The van der Waals surface area contributed by atoms with E-state index in [0.29, 0.717) is 24.9 Å². The molecule has 23 heavy (non-hydrogen) atoms. The van der Waals surface area contributed by atoms with E-state index in [4.69, 9.17) is 4.74 Å². The first-order chi connectivity index (χ1) is 11.0. The van der Waals surface area contributed by atoms with Gasteiger partial charge in [0.05, 0.1) is 6.61 Å². The van der Waals surface area contributed by atoms with E-state index in [0.717, 1.165) is 0 Å². The number of nitrogens with zero attached hydrogens (tertiary/aromatic N) is 1. The SMILES string of the molecule is CNC(=O)c1cccc(C(=O)N2CCCC2(COC)C(=O)O)c1. The Kier molecular flexibility index (Phi) is 5.00. The van der Waals surface area contributed by atoms with Crippen molar-refractivity contribution in [3.8, 4) is 0 Å². The summed E-state index contributed by atoms with van der Waals surface area (Å²) in [5.41, 5.74) is -0.713. The lowest BCUT2D eigenvalue weighted by atomic mass is 9.96. The number of hydrogen-bond donors (Lipinski definition) is 2. The number of rotatable bonds is 5. The van der Waals surface area contributed by atoms with E-state index >= 15 is 0 Å². The highest BCUT2D eigenvalue weighted by molar-refractivity contribution is 6.01. The summed E-state index contributed by atoms with van der Waals surface area (Å²) in [6.45, 7) is 0.280. The molecule has 0 radical (unpaired) electrons. The number of nitrogens with one attached hydrogen (secondary N) is 1. The Bertz CT molecular complexity index is 631. The molecule has 2 N–H and O–H groups in total. The van der Waals surface area contributed by atoms with Crippen LogP contribution in [0.4, 0.5) is 0 Å². The van der Waals surface area contributed by atoms with Crippen LogP contribution in [0.25, 0.3) is 0 Å². The first-order valence-electron chi connectivity index (χ1n) is 7.32. The molecule has 7 heteroatoms. The second-order valence-corrected chi connectivity index (χ2v) is 5.49. The number of aliphatic carboxylic acids is 1. The molecule has 1 unspecified atom stereocenters. The Balaban J connectivity index is 2.35. The molecule has 1 fully saturated rings. The van der Waals surface area contributed by atoms with Gasteiger partial charge < -0.3 is 20.1 Å². The molecule has 7 nitrogen and oxygen atoms in total. The van der Waals surface area contributed by atoms with E-state index < -0.39 is 17.4 Å². The van der Waals surface area contributed by atoms with Gasteiger partial charge in [-0.3, -0.25) is 9.59 Å². The molecule has 1 aromatic carbocycles. The van der Waals surface area contributed by atoms with Crippen LogP contribution in [0.1, 0.15) is 33.6 Å². The fraction of sp³-hybridized carbons (Fsp3) is 0.438. The summed E-state index contributed by atoms with van der Waals surface area (Å²) in [6, 6.07) is 6.25. The minimum atomic E-state index is -1.35. The molecular formula is C16H20N2O5. The summed E-state index contributed by atoms with van der Waals surface area (Å²) in [7, 11) is 2.92. The molecule has 0 aliphatic carbocycles. The van der Waals surface area contributed by atoms with Crippen molar-refractivity contribution in [1.82, 2.24) is 10.2 Å². The third-order valence-electron chi connectivity index (χ3n) is 4.11. The predicted molar refractivity (Wildman–Crippen MR) is 82.3 cm³/mol. The second kappa shape index (κ2) is 6.78. The van der Waals surface area contributed by atoms with Crippen molar-refractivity contribution < 1.29 is 24.2 Å². The number of amides is 2. The normalized spacial score (nSPS) is 20.3. The Morgan fingerprint density at radius 2 is 2.04 bits per heavy atom. The van der Waals surface area contributed by atoms with Gasteiger partial charge in [0.25, 0.3) is 11.8 Å². The maximum Gasteiger partial charge on any atom is 0.332 e. The van der Waals surface area contributed by atoms with Gasteiger partial charge in [-0.15, -0.1) is 0 Å². The number of ether oxygens (including phenoxy) is 1. The van der Waals surface area contributed by atoms with Crippen LogP contribution in [0, 0.1) is 0 Å². The predicted octanol–water partition coefficient (Wildman–Crippen LogP) is 0.752. The van der Waals surface area contributed by atoms with Gasteiger partial charge in [0, 0.05) is 31.8 Å². The maximum absolute atomic E-state index is 12.8. The number of likely N-dealkylation sites (tertiary alicyclic amines) is 1. The molecule has 0 aromatic heterocycles. The molecule has 2 amide bonds. The van der Waals surface area contributed by atoms with Gasteiger partial charge in [0.2, 0.25) is 0 Å². The monoisotopic (exact) mass is 320 g/mol. The quantitative estimate of drug-likeness (QED) is 0.835. The summed E-state index contributed by atoms with van der Waals surface area (Å²) in [5.74, 6) is -1.79. The number of methoxy groups -OCH3 is 1. The van der Waals surface area contributed by atoms with E-state index in [-0.39, 0.29) is 18.1 Å². The number of hydrogen-bond acceptors (Lipinski definition) is 4. The van der Waals surface area contributed by atoms with Gasteiger partial charge in [0.1, 0.15) is 0 Å². The van der Waals surface area contributed by atoms with Crippen molar-refractivity contribution in [1.29, 1.82) is 0 Å². The van der Waals surface area contributed by atoms with Crippen LogP contribution >= 0.6 is 0 Å². The van der Waals surface area contributed by atoms with Crippen molar-refractivity contribution in [2.75, 3.05) is 27.3 Å². The van der Waals surface area contributed by atoms with Crippen molar-refractivity contribution in [3.63, 3.8) is 0 Å². The Morgan fingerprint density at radius 3 is 2.65 bits per heavy atom. The molecule has 1 saturated heterocycles. The van der Waals surface area contributed by atoms with E-state index in [1.807, 2.05) is 0 Å². The molecule has 124 valence electrons. The van der Waals surface area contributed by atoms with Crippen molar-refractivity contribution in [3.05, 3.63) is 35.4 Å². The smallest absolute Gasteiger partial charge is 0.332 e. The highest BCUT2D eigenvalue weighted by Gasteiger charge is 2.50. The number of carbonyl (C=O) groups is 3. The van der Waals surface area contributed by atoms with Crippen LogP contribution in [0.2, 0.25) is 0 Å².